The summed E-state index contributed by atoms with van der Waals surface area (Å²) in [6.07, 6.45) is 1.93. The van der Waals surface area contributed by atoms with Crippen molar-refractivity contribution in [1.29, 1.82) is 0 Å². The normalized spacial score (nSPS) is 17.8. The zero-order chi connectivity index (χ0) is 22.4. The molecule has 164 valence electrons. The zero-order valence-corrected chi connectivity index (χ0v) is 19.3. The summed E-state index contributed by atoms with van der Waals surface area (Å²) in [5.74, 6) is 1.42. The highest BCUT2D eigenvalue weighted by Crippen LogP contribution is 2.47. The summed E-state index contributed by atoms with van der Waals surface area (Å²) in [7, 11) is 1.70. The Labute approximate surface area is 184 Å². The van der Waals surface area contributed by atoms with Gasteiger partial charge in [-0.05, 0) is 58.2 Å². The molecule has 0 N–H and O–H groups in total. The summed E-state index contributed by atoms with van der Waals surface area (Å²) < 4.78 is 17.0. The van der Waals surface area contributed by atoms with Gasteiger partial charge in [-0.3, -0.25) is 9.79 Å². The lowest BCUT2D eigenvalue weighted by atomic mass is 9.81. The van der Waals surface area contributed by atoms with E-state index in [1.54, 1.807) is 7.11 Å². The standard InChI is InChI=1S/C26H31NO4/c1-7-30-21(28)12-16-8-10-17(11-9-16)23-22-18(14-25(2,3)27-23)13-20(29-6)24-19(22)15-26(4,5)31-24/h8-11,13H,7,12,14-15H2,1-6H3. The van der Waals surface area contributed by atoms with Gasteiger partial charge in [0.2, 0.25) is 0 Å². The predicted octanol–water partition coefficient (Wildman–Crippen LogP) is 4.69. The summed E-state index contributed by atoms with van der Waals surface area (Å²) >= 11 is 0. The minimum absolute atomic E-state index is 0.207. The van der Waals surface area contributed by atoms with Crippen LogP contribution in [0.2, 0.25) is 0 Å². The van der Waals surface area contributed by atoms with E-state index < -0.39 is 0 Å². The topological polar surface area (TPSA) is 57.1 Å². The number of esters is 1. The van der Waals surface area contributed by atoms with Crippen LogP contribution in [-0.4, -0.2) is 36.5 Å². The lowest BCUT2D eigenvalue weighted by molar-refractivity contribution is -0.142. The summed E-state index contributed by atoms with van der Waals surface area (Å²) in [6.45, 7) is 10.7. The van der Waals surface area contributed by atoms with Crippen LogP contribution in [0.1, 0.15) is 62.4 Å². The van der Waals surface area contributed by atoms with Gasteiger partial charge in [0.25, 0.3) is 0 Å². The molecule has 5 heteroatoms. The number of carbonyl (C=O) groups is 1. The average Bonchev–Trinajstić information content (AvgIpc) is 3.01. The van der Waals surface area contributed by atoms with E-state index in [1.807, 2.05) is 19.1 Å². The number of hydrogen-bond donors (Lipinski definition) is 0. The van der Waals surface area contributed by atoms with E-state index >= 15 is 0 Å². The van der Waals surface area contributed by atoms with Gasteiger partial charge >= 0.3 is 5.97 Å². The summed E-state index contributed by atoms with van der Waals surface area (Å²) in [5.41, 5.74) is 6.02. The van der Waals surface area contributed by atoms with Crippen LogP contribution in [0, 0.1) is 0 Å². The Balaban J connectivity index is 1.79. The van der Waals surface area contributed by atoms with Crippen LogP contribution in [0.15, 0.2) is 35.3 Å². The molecule has 31 heavy (non-hydrogen) atoms. The van der Waals surface area contributed by atoms with Gasteiger partial charge in [0.15, 0.2) is 11.5 Å². The molecule has 2 aromatic rings. The van der Waals surface area contributed by atoms with Crippen molar-refractivity contribution in [1.82, 2.24) is 0 Å². The highest BCUT2D eigenvalue weighted by molar-refractivity contribution is 6.16. The van der Waals surface area contributed by atoms with E-state index in [0.717, 1.165) is 41.2 Å². The van der Waals surface area contributed by atoms with E-state index in [0.29, 0.717) is 6.61 Å². The number of fused-ring (bicyclic) bond motifs is 3. The Morgan fingerprint density at radius 3 is 2.48 bits per heavy atom. The fourth-order valence-electron chi connectivity index (χ4n) is 4.59. The van der Waals surface area contributed by atoms with Gasteiger partial charge in [-0.2, -0.15) is 0 Å². The SMILES string of the molecule is CCOC(=O)Cc1ccc(C2=NC(C)(C)Cc3cc(OC)c4c(c32)CC(C)(C)O4)cc1. The van der Waals surface area contributed by atoms with Crippen molar-refractivity contribution in [3.63, 3.8) is 0 Å². The highest BCUT2D eigenvalue weighted by atomic mass is 16.5. The van der Waals surface area contributed by atoms with E-state index in [9.17, 15) is 4.79 Å². The summed E-state index contributed by atoms with van der Waals surface area (Å²) in [5, 5.41) is 0. The van der Waals surface area contributed by atoms with Gasteiger partial charge in [-0.1, -0.05) is 24.3 Å². The van der Waals surface area contributed by atoms with Gasteiger partial charge in [0, 0.05) is 23.1 Å². The molecule has 0 fully saturated rings. The van der Waals surface area contributed by atoms with Crippen molar-refractivity contribution in [2.24, 2.45) is 4.99 Å². The van der Waals surface area contributed by atoms with Crippen LogP contribution in [-0.2, 0) is 28.8 Å². The molecule has 0 amide bonds. The Hall–Kier alpha value is -2.82. The second-order valence-electron chi connectivity index (χ2n) is 9.59. The molecule has 0 atom stereocenters. The zero-order valence-electron chi connectivity index (χ0n) is 19.3. The van der Waals surface area contributed by atoms with Gasteiger partial charge in [0.1, 0.15) is 5.60 Å². The Bertz CT molecular complexity index is 1050. The summed E-state index contributed by atoms with van der Waals surface area (Å²) in [6, 6.07) is 10.2. The third-order valence-electron chi connectivity index (χ3n) is 5.78. The number of methoxy groups -OCH3 is 1. The van der Waals surface area contributed by atoms with Gasteiger partial charge < -0.3 is 14.2 Å². The second kappa shape index (κ2) is 7.70. The molecule has 0 unspecified atom stereocenters. The van der Waals surface area contributed by atoms with Crippen LogP contribution in [0.25, 0.3) is 0 Å². The fourth-order valence-corrected chi connectivity index (χ4v) is 4.59. The molecular weight excluding hydrogens is 390 g/mol. The molecular formula is C26H31NO4. The lowest BCUT2D eigenvalue weighted by Crippen LogP contribution is -2.30. The molecule has 0 aliphatic carbocycles. The monoisotopic (exact) mass is 421 g/mol. The fraction of sp³-hybridized carbons (Fsp3) is 0.462. The molecule has 0 saturated carbocycles. The van der Waals surface area contributed by atoms with Crippen LogP contribution in [0.5, 0.6) is 11.5 Å². The summed E-state index contributed by atoms with van der Waals surface area (Å²) in [4.78, 5) is 17.0. The van der Waals surface area contributed by atoms with Crippen molar-refractivity contribution in [2.45, 2.75) is 65.0 Å². The molecule has 0 aromatic heterocycles. The quantitative estimate of drug-likeness (QED) is 0.658. The van der Waals surface area contributed by atoms with E-state index in [-0.39, 0.29) is 23.5 Å². The largest absolute Gasteiger partial charge is 0.493 e. The minimum Gasteiger partial charge on any atom is -0.493 e. The molecule has 2 aliphatic heterocycles. The number of aliphatic imine (C=N–C) groups is 1. The Morgan fingerprint density at radius 2 is 1.84 bits per heavy atom. The minimum atomic E-state index is -0.285. The maximum atomic E-state index is 11.8. The first-order valence-electron chi connectivity index (χ1n) is 10.9. The number of rotatable bonds is 5. The maximum Gasteiger partial charge on any atom is 0.310 e. The molecule has 2 heterocycles. The molecule has 0 radical (unpaired) electrons. The van der Waals surface area contributed by atoms with Crippen molar-refractivity contribution >= 4 is 11.7 Å². The Kier molecular flexibility index (Phi) is 5.32. The number of ether oxygens (including phenoxy) is 3. The third kappa shape index (κ3) is 4.18. The van der Waals surface area contributed by atoms with Gasteiger partial charge in [-0.25, -0.2) is 0 Å². The smallest absolute Gasteiger partial charge is 0.310 e. The number of nitrogens with zero attached hydrogens (tertiary/aromatic N) is 1. The molecule has 0 saturated heterocycles. The van der Waals surface area contributed by atoms with Crippen LogP contribution in [0.4, 0.5) is 0 Å². The molecule has 4 rings (SSSR count). The number of carbonyl (C=O) groups excluding carboxylic acids is 1. The molecule has 2 aromatic carbocycles. The molecule has 2 aliphatic rings. The number of hydrogen-bond acceptors (Lipinski definition) is 5. The van der Waals surface area contributed by atoms with Crippen molar-refractivity contribution in [3.8, 4) is 11.5 Å². The predicted molar refractivity (Wildman–Crippen MR) is 122 cm³/mol. The highest BCUT2D eigenvalue weighted by Gasteiger charge is 2.39. The lowest BCUT2D eigenvalue weighted by Gasteiger charge is -2.31. The van der Waals surface area contributed by atoms with Gasteiger partial charge in [-0.15, -0.1) is 0 Å². The van der Waals surface area contributed by atoms with Crippen molar-refractivity contribution in [3.05, 3.63) is 58.1 Å². The van der Waals surface area contributed by atoms with Crippen molar-refractivity contribution in [2.75, 3.05) is 13.7 Å². The first-order valence-corrected chi connectivity index (χ1v) is 10.9. The van der Waals surface area contributed by atoms with E-state index in [4.69, 9.17) is 19.2 Å². The molecule has 5 nitrogen and oxygen atoms in total. The van der Waals surface area contributed by atoms with Crippen molar-refractivity contribution < 1.29 is 19.0 Å². The average molecular weight is 422 g/mol. The Morgan fingerprint density at radius 1 is 1.13 bits per heavy atom. The number of benzene rings is 2. The first-order chi connectivity index (χ1) is 14.6. The van der Waals surface area contributed by atoms with Gasteiger partial charge in [0.05, 0.1) is 31.4 Å². The third-order valence-corrected chi connectivity index (χ3v) is 5.78. The van der Waals surface area contributed by atoms with E-state index in [2.05, 4.69) is 45.9 Å². The molecule has 0 bridgehead atoms. The van der Waals surface area contributed by atoms with E-state index in [1.165, 1.54) is 16.7 Å². The first kappa shape index (κ1) is 21.4. The van der Waals surface area contributed by atoms with Crippen LogP contribution in [0.3, 0.4) is 0 Å². The maximum absolute atomic E-state index is 11.8. The van der Waals surface area contributed by atoms with Crippen LogP contribution < -0.4 is 9.47 Å². The van der Waals surface area contributed by atoms with Crippen LogP contribution >= 0.6 is 0 Å². The molecule has 0 spiro atoms. The second-order valence-corrected chi connectivity index (χ2v) is 9.59.